The third kappa shape index (κ3) is 5.25. The topological polar surface area (TPSA) is 46.4 Å². The van der Waals surface area contributed by atoms with Crippen LogP contribution in [0.1, 0.15) is 103 Å². The Kier molecular flexibility index (Phi) is 8.32. The van der Waals surface area contributed by atoms with Crippen molar-refractivity contribution in [1.82, 2.24) is 0 Å². The Morgan fingerprint density at radius 1 is 0.640 bits per heavy atom. The van der Waals surface area contributed by atoms with Crippen molar-refractivity contribution >= 4 is 44.4 Å². The maximum atomic E-state index is 14.1. The van der Waals surface area contributed by atoms with E-state index < -0.39 is 0 Å². The van der Waals surface area contributed by atoms with Gasteiger partial charge in [-0.25, -0.2) is 0 Å². The zero-order chi connectivity index (χ0) is 34.6. The van der Waals surface area contributed by atoms with Crippen LogP contribution in [-0.4, -0.2) is 29.2 Å². The fraction of sp³-hybridized carbons (Fsp3) is 0.391. The highest BCUT2D eigenvalue weighted by Gasteiger charge is 2.47. The van der Waals surface area contributed by atoms with Crippen molar-refractivity contribution in [3.63, 3.8) is 0 Å². The number of hydrogen-bond donors (Lipinski definition) is 0. The highest BCUT2D eigenvalue weighted by molar-refractivity contribution is 6.24. The van der Waals surface area contributed by atoms with Crippen LogP contribution in [0, 0.1) is 0 Å². The number of hydrogen-bond acceptors (Lipinski definition) is 3. The number of carbonyl (C=O) groups excluding carboxylic acids is 1. The zero-order valence-electron chi connectivity index (χ0n) is 30.3. The minimum atomic E-state index is -0.361. The normalized spacial score (nSPS) is 22.2. The quantitative estimate of drug-likeness (QED) is 0.176. The smallest absolute Gasteiger partial charge is 0.210 e. The molecule has 4 aromatic rings. The molecule has 0 atom stereocenters. The number of fused-ring (bicyclic) bond motifs is 17. The number of Topliss-reactive ketones (excluding diaryl/α,β-unsaturated/α-hetero) is 1. The summed E-state index contributed by atoms with van der Waals surface area (Å²) < 4.78 is 2.41. The van der Waals surface area contributed by atoms with E-state index in [2.05, 4.69) is 110 Å². The first-order valence-corrected chi connectivity index (χ1v) is 19.1. The van der Waals surface area contributed by atoms with Gasteiger partial charge in [-0.1, -0.05) is 119 Å². The average Bonchev–Trinajstić information content (AvgIpc) is 3.47. The molecule has 4 heteroatoms. The molecule has 50 heavy (non-hydrogen) atoms. The maximum absolute atomic E-state index is 14.1. The molecule has 1 aliphatic carbocycles. The predicted molar refractivity (Wildman–Crippen MR) is 205 cm³/mol. The van der Waals surface area contributed by atoms with Crippen molar-refractivity contribution in [3.05, 3.63) is 119 Å². The fourth-order valence-corrected chi connectivity index (χ4v) is 9.40. The van der Waals surface area contributed by atoms with Crippen molar-refractivity contribution < 1.29 is 14.5 Å². The number of nitrogens with zero attached hydrogens (tertiary/aromatic N) is 2. The number of allylic oxidation sites excluding steroid dienone is 5. The lowest BCUT2D eigenvalue weighted by Crippen LogP contribution is -2.35. The van der Waals surface area contributed by atoms with Gasteiger partial charge >= 0.3 is 0 Å². The lowest BCUT2D eigenvalue weighted by atomic mass is 9.76. The van der Waals surface area contributed by atoms with Crippen molar-refractivity contribution in [2.75, 3.05) is 18.0 Å². The van der Waals surface area contributed by atoms with Gasteiger partial charge < -0.3 is 10.0 Å². The van der Waals surface area contributed by atoms with Crippen LogP contribution in [0.2, 0.25) is 0 Å². The number of anilines is 1. The lowest BCUT2D eigenvalue weighted by molar-refractivity contribution is -0.438. The summed E-state index contributed by atoms with van der Waals surface area (Å²) in [7, 11) is 0. The first kappa shape index (κ1) is 32.7. The van der Waals surface area contributed by atoms with Crippen molar-refractivity contribution in [3.8, 4) is 0 Å². The highest BCUT2D eigenvalue weighted by atomic mass is 16.3. The van der Waals surface area contributed by atoms with Crippen LogP contribution in [0.5, 0.6) is 0 Å². The summed E-state index contributed by atoms with van der Waals surface area (Å²) >= 11 is 0. The molecular weight excluding hydrogens is 613 g/mol. The van der Waals surface area contributed by atoms with Crippen LogP contribution in [0.3, 0.4) is 0 Å². The molecule has 5 aliphatic rings. The molecular formula is C46H50N2O2. The SMILES string of the molecule is CC1(C)C2=[N+](CCCCCCCCCCCCN3/C(=C/C4=C([O-])C(=C2)C4=O)C(C)(C)c2c3ccc3ccccc23)c2ccc3ccccc3c21. The summed E-state index contributed by atoms with van der Waals surface area (Å²) in [5, 5.41) is 19.1. The van der Waals surface area contributed by atoms with Gasteiger partial charge in [0.25, 0.3) is 0 Å². The second kappa shape index (κ2) is 12.7. The number of ketones is 1. The van der Waals surface area contributed by atoms with E-state index in [9.17, 15) is 9.90 Å². The van der Waals surface area contributed by atoms with E-state index in [4.69, 9.17) is 0 Å². The highest BCUT2D eigenvalue weighted by Crippen LogP contribution is 2.52. The van der Waals surface area contributed by atoms with Crippen LogP contribution in [0.25, 0.3) is 21.5 Å². The Morgan fingerprint density at radius 2 is 1.22 bits per heavy atom. The van der Waals surface area contributed by atoms with Crippen LogP contribution in [0.15, 0.2) is 108 Å². The van der Waals surface area contributed by atoms with Gasteiger partial charge in [-0.15, -0.1) is 0 Å². The fourth-order valence-electron chi connectivity index (χ4n) is 9.40. The van der Waals surface area contributed by atoms with Crippen molar-refractivity contribution in [2.45, 2.75) is 103 Å². The average molecular weight is 663 g/mol. The number of rotatable bonds is 0. The van der Waals surface area contributed by atoms with Crippen molar-refractivity contribution in [1.29, 1.82) is 0 Å². The first-order chi connectivity index (χ1) is 24.2. The van der Waals surface area contributed by atoms with E-state index in [1.807, 2.05) is 12.2 Å². The predicted octanol–water partition coefficient (Wildman–Crippen LogP) is 10.1. The Hall–Kier alpha value is -4.44. The molecule has 0 amide bonds. The van der Waals surface area contributed by atoms with Crippen LogP contribution in [0.4, 0.5) is 11.4 Å². The monoisotopic (exact) mass is 662 g/mol. The maximum Gasteiger partial charge on any atom is 0.210 e. The van der Waals surface area contributed by atoms with Gasteiger partial charge in [0.05, 0.1) is 5.41 Å². The molecule has 4 nitrogen and oxygen atoms in total. The molecule has 0 N–H and O–H groups in total. The van der Waals surface area contributed by atoms with E-state index in [1.165, 1.54) is 95.4 Å². The largest absolute Gasteiger partial charge is 0.871 e. The van der Waals surface area contributed by atoms with E-state index in [0.29, 0.717) is 11.1 Å². The Bertz CT molecular complexity index is 2160. The molecule has 0 radical (unpaired) electrons. The molecule has 4 aromatic carbocycles. The van der Waals surface area contributed by atoms with Gasteiger partial charge in [-0.05, 0) is 72.0 Å². The molecule has 0 fully saturated rings. The molecule has 0 saturated carbocycles. The summed E-state index contributed by atoms with van der Waals surface area (Å²) in [6.45, 7) is 10.8. The Morgan fingerprint density at radius 3 is 1.88 bits per heavy atom. The standard InChI is InChI=1S/C46H50N2O2/c1-45(2)39-29-35-43(49)36(44(35)50)30-40-46(3,4)42-34-22-16-14-20-32(34)24-26-38(42)48(40)28-18-12-10-8-6-5-7-9-11-17-27-47(39)37-25-23-31-19-13-15-21-33(31)41(37)45/h13-16,19-26,29-30H,5-12,17-18,27-28H2,1-4H3. The van der Waals surface area contributed by atoms with Crippen LogP contribution >= 0.6 is 0 Å². The molecule has 4 aliphatic heterocycles. The van der Waals surface area contributed by atoms with E-state index >= 15 is 0 Å². The van der Waals surface area contributed by atoms with Gasteiger partial charge in [0.1, 0.15) is 6.54 Å². The van der Waals surface area contributed by atoms with E-state index in [0.717, 1.165) is 37.3 Å². The second-order valence-corrected chi connectivity index (χ2v) is 16.0. The summed E-state index contributed by atoms with van der Waals surface area (Å²) in [5.41, 5.74) is 7.01. The van der Waals surface area contributed by atoms with Gasteiger partial charge in [-0.2, -0.15) is 4.58 Å². The van der Waals surface area contributed by atoms with Gasteiger partial charge in [-0.3, -0.25) is 4.79 Å². The third-order valence-electron chi connectivity index (χ3n) is 12.1. The summed E-state index contributed by atoms with van der Waals surface area (Å²) in [5.74, 6) is -0.261. The summed E-state index contributed by atoms with van der Waals surface area (Å²) in [6.07, 6.45) is 16.1. The van der Waals surface area contributed by atoms with E-state index in [-0.39, 0.29) is 22.4 Å². The second-order valence-electron chi connectivity index (χ2n) is 16.0. The van der Waals surface area contributed by atoms with Gasteiger partial charge in [0.15, 0.2) is 11.5 Å². The van der Waals surface area contributed by atoms with Gasteiger partial charge in [0.2, 0.25) is 5.69 Å². The molecule has 4 heterocycles. The molecule has 0 unspecified atom stereocenters. The van der Waals surface area contributed by atoms with Gasteiger partial charge in [0, 0.05) is 58.6 Å². The molecule has 0 saturated heterocycles. The Balaban J connectivity index is 1.24. The first-order valence-electron chi connectivity index (χ1n) is 19.1. The Labute approximate surface area is 297 Å². The molecule has 9 rings (SSSR count). The van der Waals surface area contributed by atoms with Crippen molar-refractivity contribution in [2.24, 2.45) is 0 Å². The molecule has 0 aromatic heterocycles. The zero-order valence-corrected chi connectivity index (χ0v) is 30.3. The molecule has 2 bridgehead atoms. The number of carbonyl (C=O) groups is 1. The molecule has 256 valence electrons. The van der Waals surface area contributed by atoms with Crippen LogP contribution in [-0.2, 0) is 15.6 Å². The summed E-state index contributed by atoms with van der Waals surface area (Å²) in [4.78, 5) is 16.6. The minimum absolute atomic E-state index is 0.131. The lowest BCUT2D eigenvalue weighted by Gasteiger charge is -2.33. The minimum Gasteiger partial charge on any atom is -0.871 e. The molecule has 0 spiro atoms. The van der Waals surface area contributed by atoms with Crippen LogP contribution < -0.4 is 10.0 Å². The van der Waals surface area contributed by atoms with E-state index in [1.54, 1.807) is 0 Å². The number of benzene rings is 4. The third-order valence-corrected chi connectivity index (χ3v) is 12.1. The summed E-state index contributed by atoms with van der Waals surface area (Å²) in [6, 6.07) is 26.1.